The van der Waals surface area contributed by atoms with E-state index in [1.165, 1.54) is 30.2 Å². The highest BCUT2D eigenvalue weighted by atomic mass is 32.2. The molecular weight excluding hydrogens is 289 g/mol. The van der Waals surface area contributed by atoms with Crippen LogP contribution in [0.25, 0.3) is 11.0 Å². The molecule has 0 radical (unpaired) electrons. The first-order valence-corrected chi connectivity index (χ1v) is 7.60. The number of hydrogen-bond donors (Lipinski definition) is 1. The second-order valence-corrected chi connectivity index (χ2v) is 5.43. The molecule has 0 saturated heterocycles. The summed E-state index contributed by atoms with van der Waals surface area (Å²) in [6.45, 7) is 0.558. The molecule has 3 aromatic rings. The summed E-state index contributed by atoms with van der Waals surface area (Å²) in [5.41, 5.74) is 1.59. The third kappa shape index (κ3) is 2.69. The van der Waals surface area contributed by atoms with E-state index in [9.17, 15) is 4.39 Å². The van der Waals surface area contributed by atoms with Crippen LogP contribution in [0.1, 0.15) is 5.56 Å². The summed E-state index contributed by atoms with van der Waals surface area (Å²) in [5.74, 6) is 0.546. The van der Waals surface area contributed by atoms with Crippen LogP contribution in [-0.4, -0.2) is 33.5 Å². The molecule has 108 valence electrons. The van der Waals surface area contributed by atoms with Crippen LogP contribution in [0.4, 0.5) is 10.2 Å². The lowest BCUT2D eigenvalue weighted by Crippen LogP contribution is -2.18. The molecule has 5 nitrogen and oxygen atoms in total. The molecule has 0 aliphatic heterocycles. The number of hydrogen-bond acceptors (Lipinski definition) is 5. The van der Waals surface area contributed by atoms with E-state index in [0.29, 0.717) is 12.2 Å². The molecule has 7 heteroatoms. The number of aromatic nitrogens is 4. The maximum atomic E-state index is 13.3. The number of fused-ring (bicyclic) bond motifs is 1. The van der Waals surface area contributed by atoms with Crippen molar-refractivity contribution >= 4 is 28.6 Å². The highest BCUT2D eigenvalue weighted by Gasteiger charge is 2.15. The van der Waals surface area contributed by atoms with Gasteiger partial charge in [-0.2, -0.15) is 5.10 Å². The summed E-state index contributed by atoms with van der Waals surface area (Å²) in [7, 11) is 1.92. The molecule has 0 unspecified atom stereocenters. The second kappa shape index (κ2) is 5.69. The predicted molar refractivity (Wildman–Crippen MR) is 82.0 cm³/mol. The zero-order valence-electron chi connectivity index (χ0n) is 11.7. The van der Waals surface area contributed by atoms with Crippen molar-refractivity contribution in [3.63, 3.8) is 0 Å². The molecule has 0 spiro atoms. The fraction of sp³-hybridized carbons (Fsp3) is 0.214. The van der Waals surface area contributed by atoms with Gasteiger partial charge in [0.25, 0.3) is 0 Å². The van der Waals surface area contributed by atoms with Crippen molar-refractivity contribution in [2.24, 2.45) is 0 Å². The molecule has 0 aliphatic rings. The first kappa shape index (κ1) is 13.8. The van der Waals surface area contributed by atoms with Crippen molar-refractivity contribution in [3.05, 3.63) is 42.0 Å². The first-order valence-electron chi connectivity index (χ1n) is 6.37. The maximum absolute atomic E-state index is 13.3. The highest BCUT2D eigenvalue weighted by molar-refractivity contribution is 7.98. The van der Waals surface area contributed by atoms with Gasteiger partial charge >= 0.3 is 0 Å². The van der Waals surface area contributed by atoms with E-state index in [2.05, 4.69) is 20.2 Å². The largest absolute Gasteiger partial charge is 0.355 e. The van der Waals surface area contributed by atoms with Gasteiger partial charge in [-0.25, -0.2) is 14.4 Å². The lowest BCUT2D eigenvalue weighted by atomic mass is 10.2. The summed E-state index contributed by atoms with van der Waals surface area (Å²) >= 11 is 1.54. The van der Waals surface area contributed by atoms with Crippen LogP contribution in [0.3, 0.4) is 0 Å². The first-order chi connectivity index (χ1) is 10.2. The summed E-state index contributed by atoms with van der Waals surface area (Å²) in [6, 6.07) is 6.57. The molecule has 0 aliphatic carbocycles. The minimum Gasteiger partial charge on any atom is -0.355 e. The normalized spacial score (nSPS) is 11.0. The average molecular weight is 303 g/mol. The molecular formula is C14H14FN5S. The zero-order valence-corrected chi connectivity index (χ0v) is 12.5. The van der Waals surface area contributed by atoms with E-state index in [1.807, 2.05) is 24.3 Å². The van der Waals surface area contributed by atoms with Crippen LogP contribution < -0.4 is 4.90 Å². The quantitative estimate of drug-likeness (QED) is 0.751. The van der Waals surface area contributed by atoms with Gasteiger partial charge in [-0.1, -0.05) is 12.1 Å². The smallest absolute Gasteiger partial charge is 0.161 e. The fourth-order valence-electron chi connectivity index (χ4n) is 2.24. The van der Waals surface area contributed by atoms with Crippen molar-refractivity contribution in [1.82, 2.24) is 20.2 Å². The number of halogens is 1. The Morgan fingerprint density at radius 1 is 1.33 bits per heavy atom. The minimum absolute atomic E-state index is 0.234. The van der Waals surface area contributed by atoms with Crippen LogP contribution in [0.15, 0.2) is 35.6 Å². The standard InChI is InChI=1S/C14H14FN5S/c1-20(7-9-4-3-5-10(15)6-9)13-11-12(16-8-17-13)18-19-14(11)21-2/h3-6,8H,7H2,1-2H3,(H,16,17,18,19). The van der Waals surface area contributed by atoms with E-state index in [0.717, 1.165) is 21.8 Å². The van der Waals surface area contributed by atoms with Crippen LogP contribution in [0.5, 0.6) is 0 Å². The second-order valence-electron chi connectivity index (χ2n) is 4.64. The number of aromatic amines is 1. The summed E-state index contributed by atoms with van der Waals surface area (Å²) in [4.78, 5) is 10.5. The van der Waals surface area contributed by atoms with E-state index in [4.69, 9.17) is 0 Å². The van der Waals surface area contributed by atoms with Gasteiger partial charge in [0.2, 0.25) is 0 Å². The number of thioether (sulfide) groups is 1. The van der Waals surface area contributed by atoms with E-state index in [1.54, 1.807) is 6.07 Å². The summed E-state index contributed by atoms with van der Waals surface area (Å²) in [6.07, 6.45) is 3.46. The van der Waals surface area contributed by atoms with Crippen LogP contribution in [0, 0.1) is 5.82 Å². The Hall–Kier alpha value is -2.15. The molecule has 2 aromatic heterocycles. The van der Waals surface area contributed by atoms with Gasteiger partial charge < -0.3 is 4.90 Å². The zero-order chi connectivity index (χ0) is 14.8. The predicted octanol–water partition coefficient (Wildman–Crippen LogP) is 2.85. The Morgan fingerprint density at radius 2 is 2.19 bits per heavy atom. The Bertz CT molecular complexity index is 773. The van der Waals surface area contributed by atoms with E-state index < -0.39 is 0 Å². The molecule has 21 heavy (non-hydrogen) atoms. The Kier molecular flexibility index (Phi) is 3.74. The van der Waals surface area contributed by atoms with Gasteiger partial charge in [0.15, 0.2) is 5.65 Å². The summed E-state index contributed by atoms with van der Waals surface area (Å²) in [5, 5.41) is 8.87. The number of rotatable bonds is 4. The summed E-state index contributed by atoms with van der Waals surface area (Å²) < 4.78 is 13.3. The number of nitrogens with one attached hydrogen (secondary N) is 1. The Balaban J connectivity index is 1.97. The molecule has 1 N–H and O–H groups in total. The number of benzene rings is 1. The van der Waals surface area contributed by atoms with Gasteiger partial charge in [-0.15, -0.1) is 11.8 Å². The molecule has 2 heterocycles. The molecule has 0 fully saturated rings. The third-order valence-corrected chi connectivity index (χ3v) is 3.85. The molecule has 0 bridgehead atoms. The van der Waals surface area contributed by atoms with Gasteiger partial charge in [0.05, 0.1) is 5.39 Å². The minimum atomic E-state index is -0.234. The Morgan fingerprint density at radius 3 is 2.95 bits per heavy atom. The van der Waals surface area contributed by atoms with Crippen molar-refractivity contribution < 1.29 is 4.39 Å². The fourth-order valence-corrected chi connectivity index (χ4v) is 2.77. The number of H-pyrrole nitrogens is 1. The number of nitrogens with zero attached hydrogens (tertiary/aromatic N) is 4. The van der Waals surface area contributed by atoms with Gasteiger partial charge in [-0.05, 0) is 24.0 Å². The topological polar surface area (TPSA) is 57.7 Å². The lowest BCUT2D eigenvalue weighted by Gasteiger charge is -2.19. The SMILES string of the molecule is CSc1n[nH]c2ncnc(N(C)Cc3cccc(F)c3)c12. The van der Waals surface area contributed by atoms with Gasteiger partial charge in [0, 0.05) is 13.6 Å². The van der Waals surface area contributed by atoms with Crippen molar-refractivity contribution in [1.29, 1.82) is 0 Å². The van der Waals surface area contributed by atoms with Crippen molar-refractivity contribution in [2.45, 2.75) is 11.6 Å². The van der Waals surface area contributed by atoms with E-state index >= 15 is 0 Å². The monoisotopic (exact) mass is 303 g/mol. The van der Waals surface area contributed by atoms with E-state index in [-0.39, 0.29) is 5.82 Å². The third-order valence-electron chi connectivity index (χ3n) is 3.17. The van der Waals surface area contributed by atoms with Crippen LogP contribution in [-0.2, 0) is 6.54 Å². The highest BCUT2D eigenvalue weighted by Crippen LogP contribution is 2.29. The van der Waals surface area contributed by atoms with Crippen LogP contribution in [0.2, 0.25) is 0 Å². The molecule has 1 aromatic carbocycles. The number of anilines is 1. The van der Waals surface area contributed by atoms with Gasteiger partial charge in [0.1, 0.15) is 23.0 Å². The van der Waals surface area contributed by atoms with Crippen molar-refractivity contribution in [2.75, 3.05) is 18.2 Å². The molecule has 0 saturated carbocycles. The van der Waals surface area contributed by atoms with Crippen LogP contribution >= 0.6 is 11.8 Å². The lowest BCUT2D eigenvalue weighted by molar-refractivity contribution is 0.625. The molecule has 0 amide bonds. The average Bonchev–Trinajstić information content (AvgIpc) is 2.90. The molecule has 3 rings (SSSR count). The van der Waals surface area contributed by atoms with Gasteiger partial charge in [-0.3, -0.25) is 5.10 Å². The molecule has 0 atom stereocenters. The maximum Gasteiger partial charge on any atom is 0.161 e. The Labute approximate surface area is 125 Å². The van der Waals surface area contributed by atoms with Crippen molar-refractivity contribution in [3.8, 4) is 0 Å².